The van der Waals surface area contributed by atoms with Crippen LogP contribution in [0.25, 0.3) is 0 Å². The Balaban J connectivity index is 0. The lowest BCUT2D eigenvalue weighted by molar-refractivity contribution is -0.0261. The zero-order chi connectivity index (χ0) is 24.6. The average Bonchev–Trinajstić information content (AvgIpc) is 2.78. The summed E-state index contributed by atoms with van der Waals surface area (Å²) in [5.74, 6) is 0. The molecule has 0 bridgehead atoms. The predicted octanol–water partition coefficient (Wildman–Crippen LogP) is 3.60. The summed E-state index contributed by atoms with van der Waals surface area (Å²) in [6.45, 7) is 6.85. The fourth-order valence-electron chi connectivity index (χ4n) is 1.93. The maximum atomic E-state index is 11.8. The first kappa shape index (κ1) is 32.1. The molecule has 0 heterocycles. The number of sulfonamides is 1. The van der Waals surface area contributed by atoms with Gasteiger partial charge in [-0.3, -0.25) is 0 Å². The standard InChI is InChI=1S/C13H19NO5S.C6H14O2.CH2Cl2/c1-3-13(16,4-2)10-19-12(15)14-20(17,18)11-8-6-5-7-9-11;1-3-6(8,4-2)5-7;2-1-3/h5-9,16H,3-4,10H2,1-2H3,(H,14,15);7-8H,3-5H2,1-2H3;1H2. The molecule has 0 atom stereocenters. The molecule has 1 amide bonds. The second kappa shape index (κ2) is 16.5. The van der Waals surface area contributed by atoms with Crippen LogP contribution in [0.15, 0.2) is 35.2 Å². The lowest BCUT2D eigenvalue weighted by atomic mass is 9.99. The highest BCUT2D eigenvalue weighted by molar-refractivity contribution is 7.90. The van der Waals surface area contributed by atoms with E-state index in [0.29, 0.717) is 25.7 Å². The van der Waals surface area contributed by atoms with Crippen molar-refractivity contribution in [3.8, 4) is 0 Å². The van der Waals surface area contributed by atoms with Crippen molar-refractivity contribution >= 4 is 39.3 Å². The van der Waals surface area contributed by atoms with E-state index in [1.165, 1.54) is 12.1 Å². The molecule has 0 unspecified atom stereocenters. The van der Waals surface area contributed by atoms with Gasteiger partial charge in [-0.05, 0) is 37.8 Å². The van der Waals surface area contributed by atoms with Gasteiger partial charge in [0.1, 0.15) is 6.61 Å². The minimum Gasteiger partial charge on any atom is -0.446 e. The lowest BCUT2D eigenvalue weighted by Gasteiger charge is -2.24. The molecule has 1 aromatic carbocycles. The monoisotopic (exact) mass is 503 g/mol. The van der Waals surface area contributed by atoms with E-state index in [2.05, 4.69) is 0 Å². The number of aliphatic hydroxyl groups excluding tert-OH is 1. The van der Waals surface area contributed by atoms with Gasteiger partial charge in [-0.25, -0.2) is 17.9 Å². The summed E-state index contributed by atoms with van der Waals surface area (Å²) in [6.07, 6.45) is 0.957. The van der Waals surface area contributed by atoms with Crippen molar-refractivity contribution in [1.29, 1.82) is 0 Å². The molecule has 182 valence electrons. The molecule has 0 fully saturated rings. The Morgan fingerprint density at radius 2 is 1.39 bits per heavy atom. The Hall–Kier alpha value is -1.10. The number of benzene rings is 1. The van der Waals surface area contributed by atoms with E-state index in [4.69, 9.17) is 33.0 Å². The number of carbonyl (C=O) groups is 1. The molecule has 1 aromatic rings. The molecule has 0 aliphatic rings. The second-order valence-corrected chi connectivity index (χ2v) is 9.11. The third-order valence-electron chi connectivity index (χ3n) is 4.67. The molecular weight excluding hydrogens is 469 g/mol. The molecule has 0 aliphatic heterocycles. The van der Waals surface area contributed by atoms with Gasteiger partial charge in [0.05, 0.1) is 28.0 Å². The Morgan fingerprint density at radius 3 is 1.71 bits per heavy atom. The Morgan fingerprint density at radius 1 is 0.968 bits per heavy atom. The highest BCUT2D eigenvalue weighted by Crippen LogP contribution is 2.15. The first-order chi connectivity index (χ1) is 14.4. The summed E-state index contributed by atoms with van der Waals surface area (Å²) in [5.41, 5.74) is -1.95. The molecule has 0 aliphatic carbocycles. The van der Waals surface area contributed by atoms with Gasteiger partial charge < -0.3 is 20.1 Å². The Bertz CT molecular complexity index is 686. The van der Waals surface area contributed by atoms with Crippen LogP contribution in [0.2, 0.25) is 0 Å². The number of carbonyl (C=O) groups excluding carboxylic acids is 1. The van der Waals surface area contributed by atoms with E-state index in [1.54, 1.807) is 36.8 Å². The van der Waals surface area contributed by atoms with Crippen molar-refractivity contribution < 1.29 is 33.3 Å². The molecule has 11 heteroatoms. The van der Waals surface area contributed by atoms with E-state index in [0.717, 1.165) is 0 Å². The van der Waals surface area contributed by atoms with Gasteiger partial charge in [0.25, 0.3) is 10.0 Å². The van der Waals surface area contributed by atoms with Crippen LogP contribution in [0.5, 0.6) is 0 Å². The SMILES string of the molecule is CCC(O)(CC)CO.CCC(O)(CC)COC(=O)NS(=O)(=O)c1ccccc1.ClCCl. The largest absolute Gasteiger partial charge is 0.446 e. The Kier molecular flexibility index (Phi) is 17.1. The van der Waals surface area contributed by atoms with Gasteiger partial charge >= 0.3 is 6.09 Å². The summed E-state index contributed by atoms with van der Waals surface area (Å²) in [6, 6.07) is 7.49. The van der Waals surface area contributed by atoms with Crippen LogP contribution in [0.4, 0.5) is 4.79 Å². The molecule has 0 radical (unpaired) electrons. The highest BCUT2D eigenvalue weighted by atomic mass is 35.5. The van der Waals surface area contributed by atoms with Crippen LogP contribution < -0.4 is 4.72 Å². The molecule has 0 aromatic heterocycles. The van der Waals surface area contributed by atoms with Crippen molar-refractivity contribution in [2.24, 2.45) is 0 Å². The number of rotatable bonds is 9. The normalized spacial score (nSPS) is 11.4. The van der Waals surface area contributed by atoms with Gasteiger partial charge in [0.15, 0.2) is 0 Å². The van der Waals surface area contributed by atoms with E-state index >= 15 is 0 Å². The predicted molar refractivity (Wildman–Crippen MR) is 123 cm³/mol. The average molecular weight is 504 g/mol. The minimum absolute atomic E-state index is 0.0294. The van der Waals surface area contributed by atoms with Crippen LogP contribution >= 0.6 is 23.2 Å². The molecule has 8 nitrogen and oxygen atoms in total. The van der Waals surface area contributed by atoms with E-state index in [9.17, 15) is 23.4 Å². The minimum atomic E-state index is -3.95. The summed E-state index contributed by atoms with van der Waals surface area (Å²) >= 11 is 9.53. The maximum absolute atomic E-state index is 11.8. The fraction of sp³-hybridized carbons (Fsp3) is 0.650. The van der Waals surface area contributed by atoms with Crippen molar-refractivity contribution in [2.75, 3.05) is 18.6 Å². The fourth-order valence-corrected chi connectivity index (χ4v) is 2.84. The van der Waals surface area contributed by atoms with Crippen molar-refractivity contribution in [3.63, 3.8) is 0 Å². The quantitative estimate of drug-likeness (QED) is 0.378. The number of nitrogens with one attached hydrogen (secondary N) is 1. The van der Waals surface area contributed by atoms with Gasteiger partial charge in [-0.15, -0.1) is 23.2 Å². The van der Waals surface area contributed by atoms with E-state index in [1.807, 2.05) is 13.8 Å². The number of alkyl halides is 2. The molecular formula is C20H35Cl2NO7S. The van der Waals surface area contributed by atoms with Gasteiger partial charge in [-0.1, -0.05) is 45.9 Å². The summed E-state index contributed by atoms with van der Waals surface area (Å²) < 4.78 is 30.2. The maximum Gasteiger partial charge on any atom is 0.421 e. The van der Waals surface area contributed by atoms with Crippen LogP contribution in [-0.2, 0) is 14.8 Å². The van der Waals surface area contributed by atoms with Gasteiger partial charge in [0, 0.05) is 0 Å². The third kappa shape index (κ3) is 13.8. The zero-order valence-electron chi connectivity index (χ0n) is 18.5. The lowest BCUT2D eigenvalue weighted by Crippen LogP contribution is -2.38. The van der Waals surface area contributed by atoms with Crippen molar-refractivity contribution in [2.45, 2.75) is 69.5 Å². The number of amides is 1. The summed E-state index contributed by atoms with van der Waals surface area (Å²) in [7, 11) is -3.95. The topological polar surface area (TPSA) is 133 Å². The van der Waals surface area contributed by atoms with Crippen molar-refractivity contribution in [1.82, 2.24) is 4.72 Å². The second-order valence-electron chi connectivity index (χ2n) is 6.62. The number of ether oxygens (including phenoxy) is 1. The number of hydrogen-bond donors (Lipinski definition) is 4. The van der Waals surface area contributed by atoms with Crippen LogP contribution in [0, 0.1) is 0 Å². The molecule has 0 spiro atoms. The van der Waals surface area contributed by atoms with E-state index < -0.39 is 27.3 Å². The van der Waals surface area contributed by atoms with Gasteiger partial charge in [0.2, 0.25) is 0 Å². The van der Waals surface area contributed by atoms with E-state index in [-0.39, 0.29) is 23.4 Å². The molecule has 4 N–H and O–H groups in total. The third-order valence-corrected chi connectivity index (χ3v) is 6.00. The summed E-state index contributed by atoms with van der Waals surface area (Å²) in [5, 5.41) is 27.9. The molecule has 0 saturated heterocycles. The molecule has 1 rings (SSSR count). The van der Waals surface area contributed by atoms with Gasteiger partial charge in [-0.2, -0.15) is 0 Å². The molecule has 31 heavy (non-hydrogen) atoms. The van der Waals surface area contributed by atoms with Crippen LogP contribution in [0.3, 0.4) is 0 Å². The highest BCUT2D eigenvalue weighted by Gasteiger charge is 2.26. The number of aliphatic hydroxyl groups is 3. The summed E-state index contributed by atoms with van der Waals surface area (Å²) in [4.78, 5) is 11.5. The smallest absolute Gasteiger partial charge is 0.421 e. The number of halogens is 2. The molecule has 0 saturated carbocycles. The number of hydrogen-bond acceptors (Lipinski definition) is 7. The first-order valence-corrected chi connectivity index (χ1v) is 12.4. The first-order valence-electron chi connectivity index (χ1n) is 9.85. The zero-order valence-corrected chi connectivity index (χ0v) is 20.8. The van der Waals surface area contributed by atoms with Crippen molar-refractivity contribution in [3.05, 3.63) is 30.3 Å². The van der Waals surface area contributed by atoms with Crippen LogP contribution in [0.1, 0.15) is 53.4 Å². The Labute approximate surface area is 195 Å². The van der Waals surface area contributed by atoms with Crippen LogP contribution in [-0.4, -0.2) is 59.6 Å².